The van der Waals surface area contributed by atoms with E-state index in [1.165, 1.54) is 42.4 Å². The minimum Gasteiger partial charge on any atom is -0.309 e. The van der Waals surface area contributed by atoms with Crippen LogP contribution in [-0.2, 0) is 12.8 Å². The molecule has 1 nitrogen and oxygen atoms in total. The molecule has 0 saturated heterocycles. The molecule has 2 aromatic rings. The van der Waals surface area contributed by atoms with Crippen molar-refractivity contribution in [2.24, 2.45) is 0 Å². The normalized spacial score (nSPS) is 24.2. The Morgan fingerprint density at radius 2 is 1.67 bits per heavy atom. The van der Waals surface area contributed by atoms with Gasteiger partial charge in [0.2, 0.25) is 0 Å². The molecule has 1 heterocycles. The second-order valence-corrected chi connectivity index (χ2v) is 6.55. The second-order valence-electron chi connectivity index (χ2n) is 6.55. The lowest BCUT2D eigenvalue weighted by molar-refractivity contribution is 0.508. The van der Waals surface area contributed by atoms with Gasteiger partial charge in [0, 0.05) is 18.5 Å². The summed E-state index contributed by atoms with van der Waals surface area (Å²) in [6, 6.07) is 16.6. The molecule has 1 heteroatoms. The van der Waals surface area contributed by atoms with Crippen LogP contribution in [0.3, 0.4) is 0 Å². The number of nitrogens with one attached hydrogen (secondary N) is 1. The smallest absolute Gasteiger partial charge is 0.0295 e. The van der Waals surface area contributed by atoms with Gasteiger partial charge in [-0.05, 0) is 60.4 Å². The van der Waals surface area contributed by atoms with E-state index in [4.69, 9.17) is 0 Å². The molecule has 0 radical (unpaired) electrons. The summed E-state index contributed by atoms with van der Waals surface area (Å²) in [4.78, 5) is 0. The van der Waals surface area contributed by atoms with Gasteiger partial charge in [0.25, 0.3) is 0 Å². The van der Waals surface area contributed by atoms with E-state index in [-0.39, 0.29) is 0 Å². The molecule has 1 aliphatic heterocycles. The maximum absolute atomic E-state index is 3.67. The molecule has 0 fully saturated rings. The first-order chi connectivity index (χ1) is 10.3. The first kappa shape index (κ1) is 13.1. The molecule has 4 rings (SSSR count). The molecule has 2 aromatic carbocycles. The van der Waals surface area contributed by atoms with Crippen molar-refractivity contribution in [3.05, 3.63) is 70.3 Å². The number of aryl methyl sites for hydroxylation is 2. The summed E-state index contributed by atoms with van der Waals surface area (Å²) in [7, 11) is 0. The van der Waals surface area contributed by atoms with E-state index >= 15 is 0 Å². The molecule has 0 bridgehead atoms. The summed E-state index contributed by atoms with van der Waals surface area (Å²) in [5.74, 6) is 0.504. The van der Waals surface area contributed by atoms with Crippen molar-refractivity contribution in [3.63, 3.8) is 0 Å². The number of rotatable bonds is 1. The van der Waals surface area contributed by atoms with Gasteiger partial charge in [-0.15, -0.1) is 0 Å². The SMILES string of the molecule is CC1NCC(c2ccc3c(c2)CCCC3)c2ccccc21. The van der Waals surface area contributed by atoms with Crippen LogP contribution in [0.25, 0.3) is 0 Å². The van der Waals surface area contributed by atoms with Gasteiger partial charge in [-0.2, -0.15) is 0 Å². The van der Waals surface area contributed by atoms with Crippen LogP contribution in [0, 0.1) is 0 Å². The summed E-state index contributed by atoms with van der Waals surface area (Å²) < 4.78 is 0. The summed E-state index contributed by atoms with van der Waals surface area (Å²) in [6.45, 7) is 3.32. The summed E-state index contributed by atoms with van der Waals surface area (Å²) in [5.41, 5.74) is 7.64. The molecule has 0 amide bonds. The van der Waals surface area contributed by atoms with E-state index in [1.807, 2.05) is 0 Å². The van der Waals surface area contributed by atoms with Crippen molar-refractivity contribution in [2.75, 3.05) is 6.54 Å². The number of hydrogen-bond acceptors (Lipinski definition) is 1. The third-order valence-corrected chi connectivity index (χ3v) is 5.24. The molecule has 21 heavy (non-hydrogen) atoms. The van der Waals surface area contributed by atoms with Crippen LogP contribution in [0.1, 0.15) is 59.5 Å². The molecular formula is C20H23N. The van der Waals surface area contributed by atoms with Gasteiger partial charge < -0.3 is 5.32 Å². The third-order valence-electron chi connectivity index (χ3n) is 5.24. The first-order valence-electron chi connectivity index (χ1n) is 8.27. The molecule has 0 aromatic heterocycles. The lowest BCUT2D eigenvalue weighted by Gasteiger charge is -2.32. The fourth-order valence-corrected chi connectivity index (χ4v) is 4.00. The lowest BCUT2D eigenvalue weighted by Crippen LogP contribution is -2.32. The van der Waals surface area contributed by atoms with Gasteiger partial charge in [-0.3, -0.25) is 0 Å². The van der Waals surface area contributed by atoms with Gasteiger partial charge in [0.05, 0.1) is 0 Å². The van der Waals surface area contributed by atoms with Gasteiger partial charge in [0.1, 0.15) is 0 Å². The molecule has 2 aliphatic rings. The fourth-order valence-electron chi connectivity index (χ4n) is 4.00. The Kier molecular flexibility index (Phi) is 3.31. The van der Waals surface area contributed by atoms with Crippen LogP contribution in [0.15, 0.2) is 42.5 Å². The van der Waals surface area contributed by atoms with E-state index in [1.54, 1.807) is 11.1 Å². The zero-order valence-electron chi connectivity index (χ0n) is 12.7. The van der Waals surface area contributed by atoms with E-state index in [2.05, 4.69) is 54.7 Å². The van der Waals surface area contributed by atoms with Crippen molar-refractivity contribution in [1.82, 2.24) is 5.32 Å². The van der Waals surface area contributed by atoms with Gasteiger partial charge >= 0.3 is 0 Å². The monoisotopic (exact) mass is 277 g/mol. The van der Waals surface area contributed by atoms with Gasteiger partial charge in [-0.1, -0.05) is 42.5 Å². The van der Waals surface area contributed by atoms with E-state index < -0.39 is 0 Å². The maximum Gasteiger partial charge on any atom is 0.0295 e. The Morgan fingerprint density at radius 1 is 0.905 bits per heavy atom. The molecule has 0 saturated carbocycles. The average molecular weight is 277 g/mol. The van der Waals surface area contributed by atoms with Crippen LogP contribution < -0.4 is 5.32 Å². The highest BCUT2D eigenvalue weighted by molar-refractivity contribution is 5.44. The zero-order chi connectivity index (χ0) is 14.2. The standard InChI is InChI=1S/C20H23N/c1-14-18-8-4-5-9-19(18)20(13-21-14)17-11-10-15-6-2-3-7-16(15)12-17/h4-5,8-12,14,20-21H,2-3,6-7,13H2,1H3. The predicted molar refractivity (Wildman–Crippen MR) is 87.8 cm³/mol. The molecule has 2 atom stereocenters. The second kappa shape index (κ2) is 5.31. The van der Waals surface area contributed by atoms with Crippen molar-refractivity contribution in [3.8, 4) is 0 Å². The first-order valence-corrected chi connectivity index (χ1v) is 8.27. The van der Waals surface area contributed by atoms with Crippen molar-refractivity contribution < 1.29 is 0 Å². The van der Waals surface area contributed by atoms with Gasteiger partial charge in [0.15, 0.2) is 0 Å². The van der Waals surface area contributed by atoms with Crippen LogP contribution in [-0.4, -0.2) is 6.54 Å². The Labute approximate surface area is 127 Å². The highest BCUT2D eigenvalue weighted by Crippen LogP contribution is 2.35. The summed E-state index contributed by atoms with van der Waals surface area (Å²) >= 11 is 0. The zero-order valence-corrected chi connectivity index (χ0v) is 12.7. The minimum absolute atomic E-state index is 0.468. The third kappa shape index (κ3) is 2.30. The molecular weight excluding hydrogens is 254 g/mol. The average Bonchev–Trinajstić information content (AvgIpc) is 2.55. The molecule has 0 spiro atoms. The highest BCUT2D eigenvalue weighted by atomic mass is 14.9. The Morgan fingerprint density at radius 3 is 2.52 bits per heavy atom. The van der Waals surface area contributed by atoms with E-state index in [0.29, 0.717) is 12.0 Å². The molecule has 1 N–H and O–H groups in total. The highest BCUT2D eigenvalue weighted by Gasteiger charge is 2.25. The Hall–Kier alpha value is -1.60. The molecule has 108 valence electrons. The summed E-state index contributed by atoms with van der Waals surface area (Å²) in [6.07, 6.45) is 5.25. The van der Waals surface area contributed by atoms with Crippen LogP contribution >= 0.6 is 0 Å². The van der Waals surface area contributed by atoms with Crippen molar-refractivity contribution >= 4 is 0 Å². The van der Waals surface area contributed by atoms with Gasteiger partial charge in [-0.25, -0.2) is 0 Å². The maximum atomic E-state index is 3.67. The number of fused-ring (bicyclic) bond motifs is 2. The number of benzene rings is 2. The van der Waals surface area contributed by atoms with Crippen molar-refractivity contribution in [1.29, 1.82) is 0 Å². The van der Waals surface area contributed by atoms with Crippen LogP contribution in [0.4, 0.5) is 0 Å². The van der Waals surface area contributed by atoms with E-state index in [0.717, 1.165) is 6.54 Å². The van der Waals surface area contributed by atoms with E-state index in [9.17, 15) is 0 Å². The van der Waals surface area contributed by atoms with Crippen molar-refractivity contribution in [2.45, 2.75) is 44.6 Å². The minimum atomic E-state index is 0.468. The Bertz CT molecular complexity index is 659. The summed E-state index contributed by atoms with van der Waals surface area (Å²) in [5, 5.41) is 3.67. The van der Waals surface area contributed by atoms with Crippen LogP contribution in [0.2, 0.25) is 0 Å². The largest absolute Gasteiger partial charge is 0.309 e. The fraction of sp³-hybridized carbons (Fsp3) is 0.400. The quantitative estimate of drug-likeness (QED) is 0.816. The topological polar surface area (TPSA) is 12.0 Å². The van der Waals surface area contributed by atoms with Crippen LogP contribution in [0.5, 0.6) is 0 Å². The Balaban J connectivity index is 1.75. The lowest BCUT2D eigenvalue weighted by atomic mass is 9.81. The number of hydrogen-bond donors (Lipinski definition) is 1. The predicted octanol–water partition coefficient (Wildman–Crippen LogP) is 4.36. The molecule has 2 unspecified atom stereocenters. The molecule has 1 aliphatic carbocycles.